The van der Waals surface area contributed by atoms with Gasteiger partial charge in [-0.1, -0.05) is 44.7 Å². The second-order valence-electron chi connectivity index (χ2n) is 6.06. The van der Waals surface area contributed by atoms with E-state index in [0.717, 1.165) is 25.7 Å². The molecule has 0 aliphatic rings. The number of unbranched alkanes of at least 4 members (excludes halogenated alkanes) is 3. The highest BCUT2D eigenvalue weighted by Gasteiger charge is 2.31. The molecule has 1 aromatic carbocycles. The molecule has 0 aromatic heterocycles. The SMILES string of the molecule is CCCCCCC(N=S(=O)=O)C(C(=O)NC(=O)NC)c1ccc(OC)cc1. The Hall–Kier alpha value is -2.42. The first kappa shape index (κ1) is 22.6. The Morgan fingerprint density at radius 2 is 1.81 bits per heavy atom. The standard InChI is InChI=1S/C18H27N3O5S/c1-4-5-6-7-8-15(21-27(24)25)16(17(22)20-18(23)19-2)13-9-11-14(26-3)12-10-13/h9-12,15-16H,4-8H2,1-3H3,(H2,19,20,22,23). The van der Waals surface area contributed by atoms with Gasteiger partial charge in [0.25, 0.3) is 0 Å². The molecule has 8 nitrogen and oxygen atoms in total. The maximum absolute atomic E-state index is 12.7. The third-order valence-electron chi connectivity index (χ3n) is 4.18. The maximum atomic E-state index is 12.7. The number of amides is 3. The quantitative estimate of drug-likeness (QED) is 0.589. The molecule has 27 heavy (non-hydrogen) atoms. The number of ether oxygens (including phenoxy) is 1. The van der Waals surface area contributed by atoms with E-state index in [1.54, 1.807) is 24.3 Å². The van der Waals surface area contributed by atoms with Gasteiger partial charge in [-0.2, -0.15) is 12.8 Å². The topological polar surface area (TPSA) is 114 Å². The summed E-state index contributed by atoms with van der Waals surface area (Å²) >= 11 is 0. The van der Waals surface area contributed by atoms with Gasteiger partial charge in [-0.15, -0.1) is 0 Å². The van der Waals surface area contributed by atoms with Crippen LogP contribution in [0, 0.1) is 0 Å². The third-order valence-corrected chi connectivity index (χ3v) is 4.62. The van der Waals surface area contributed by atoms with Gasteiger partial charge < -0.3 is 10.1 Å². The Labute approximate surface area is 161 Å². The van der Waals surface area contributed by atoms with E-state index in [9.17, 15) is 18.0 Å². The number of benzene rings is 1. The predicted molar refractivity (Wildman–Crippen MR) is 102 cm³/mol. The Balaban J connectivity index is 3.21. The van der Waals surface area contributed by atoms with Gasteiger partial charge in [-0.3, -0.25) is 10.1 Å². The molecule has 0 radical (unpaired) electrons. The molecule has 2 unspecified atom stereocenters. The maximum Gasteiger partial charge on any atom is 0.321 e. The summed E-state index contributed by atoms with van der Waals surface area (Å²) in [5.41, 5.74) is 0.562. The molecule has 1 aromatic rings. The van der Waals surface area contributed by atoms with Crippen LogP contribution in [0.15, 0.2) is 28.6 Å². The summed E-state index contributed by atoms with van der Waals surface area (Å²) in [5, 5.41) is 4.55. The molecule has 3 amide bonds. The lowest BCUT2D eigenvalue weighted by Crippen LogP contribution is -2.42. The van der Waals surface area contributed by atoms with Crippen LogP contribution in [0.3, 0.4) is 0 Å². The van der Waals surface area contributed by atoms with Gasteiger partial charge in [0.2, 0.25) is 5.91 Å². The zero-order chi connectivity index (χ0) is 20.2. The summed E-state index contributed by atoms with van der Waals surface area (Å²) in [6.07, 6.45) is 4.13. The van der Waals surface area contributed by atoms with Crippen LogP contribution >= 0.6 is 0 Å². The zero-order valence-corrected chi connectivity index (χ0v) is 16.7. The number of carbonyl (C=O) groups excluding carboxylic acids is 2. The van der Waals surface area contributed by atoms with Gasteiger partial charge in [0.15, 0.2) is 0 Å². The van der Waals surface area contributed by atoms with Crippen molar-refractivity contribution in [2.45, 2.75) is 51.0 Å². The smallest absolute Gasteiger partial charge is 0.321 e. The highest BCUT2D eigenvalue weighted by molar-refractivity contribution is 7.61. The molecule has 9 heteroatoms. The summed E-state index contributed by atoms with van der Waals surface area (Å²) in [6.45, 7) is 2.07. The normalized spacial score (nSPS) is 12.6. The van der Waals surface area contributed by atoms with E-state index in [4.69, 9.17) is 4.74 Å². The molecule has 1 rings (SSSR count). The average molecular weight is 397 g/mol. The lowest BCUT2D eigenvalue weighted by Gasteiger charge is -2.22. The van der Waals surface area contributed by atoms with Gasteiger partial charge in [0.1, 0.15) is 5.75 Å². The lowest BCUT2D eigenvalue weighted by atomic mass is 9.88. The van der Waals surface area contributed by atoms with E-state index in [1.165, 1.54) is 14.2 Å². The number of imide groups is 1. The number of hydrogen-bond acceptors (Lipinski definition) is 6. The molecule has 2 atom stereocenters. The molecule has 0 saturated carbocycles. The van der Waals surface area contributed by atoms with Gasteiger partial charge >= 0.3 is 16.5 Å². The fraction of sp³-hybridized carbons (Fsp3) is 0.556. The Kier molecular flexibility index (Phi) is 10.1. The van der Waals surface area contributed by atoms with Crippen molar-refractivity contribution in [3.63, 3.8) is 0 Å². The fourth-order valence-electron chi connectivity index (χ4n) is 2.78. The van der Waals surface area contributed by atoms with Gasteiger partial charge in [-0.25, -0.2) is 4.79 Å². The van der Waals surface area contributed by atoms with Crippen molar-refractivity contribution in [2.75, 3.05) is 14.2 Å². The number of nitrogens with one attached hydrogen (secondary N) is 2. The lowest BCUT2D eigenvalue weighted by molar-refractivity contribution is -0.121. The van der Waals surface area contributed by atoms with Crippen LogP contribution in [-0.4, -0.2) is 40.6 Å². The second-order valence-corrected chi connectivity index (χ2v) is 6.70. The van der Waals surface area contributed by atoms with Gasteiger partial charge in [0, 0.05) is 7.05 Å². The van der Waals surface area contributed by atoms with Crippen molar-refractivity contribution in [2.24, 2.45) is 4.36 Å². The molecule has 0 saturated heterocycles. The minimum atomic E-state index is -2.66. The van der Waals surface area contributed by atoms with Crippen LogP contribution in [0.5, 0.6) is 5.75 Å². The Bertz CT molecular complexity index is 739. The van der Waals surface area contributed by atoms with Gasteiger partial charge in [-0.05, 0) is 24.1 Å². The molecule has 0 heterocycles. The van der Waals surface area contributed by atoms with Crippen molar-refractivity contribution >= 4 is 22.4 Å². The summed E-state index contributed by atoms with van der Waals surface area (Å²) in [4.78, 5) is 24.3. The van der Waals surface area contributed by atoms with E-state index in [2.05, 4.69) is 21.9 Å². The summed E-state index contributed by atoms with van der Waals surface area (Å²) in [6, 6.07) is 5.25. The van der Waals surface area contributed by atoms with Crippen molar-refractivity contribution in [1.82, 2.24) is 10.6 Å². The van der Waals surface area contributed by atoms with Crippen molar-refractivity contribution in [3.8, 4) is 5.75 Å². The summed E-state index contributed by atoms with van der Waals surface area (Å²) in [7, 11) is 0.254. The molecular weight excluding hydrogens is 370 g/mol. The average Bonchev–Trinajstić information content (AvgIpc) is 2.65. The van der Waals surface area contributed by atoms with Crippen LogP contribution in [-0.2, 0) is 15.3 Å². The van der Waals surface area contributed by atoms with Crippen molar-refractivity contribution < 1.29 is 22.7 Å². The van der Waals surface area contributed by atoms with E-state index >= 15 is 0 Å². The molecule has 0 spiro atoms. The van der Waals surface area contributed by atoms with Crippen LogP contribution in [0.4, 0.5) is 4.79 Å². The fourth-order valence-corrected chi connectivity index (χ4v) is 3.23. The zero-order valence-electron chi connectivity index (χ0n) is 15.9. The highest BCUT2D eigenvalue weighted by atomic mass is 32.2. The first-order valence-electron chi connectivity index (χ1n) is 8.89. The van der Waals surface area contributed by atoms with Crippen LogP contribution in [0.2, 0.25) is 0 Å². The largest absolute Gasteiger partial charge is 0.497 e. The molecule has 0 aliphatic heterocycles. The molecule has 150 valence electrons. The minimum absolute atomic E-state index is 0.422. The summed E-state index contributed by atoms with van der Waals surface area (Å²) < 4.78 is 31.3. The number of nitrogens with zero attached hydrogens (tertiary/aromatic N) is 1. The molecule has 0 aliphatic carbocycles. The molecule has 2 N–H and O–H groups in total. The summed E-state index contributed by atoms with van der Waals surface area (Å²) in [5.74, 6) is -0.907. The van der Waals surface area contributed by atoms with Crippen LogP contribution < -0.4 is 15.4 Å². The van der Waals surface area contributed by atoms with E-state index < -0.39 is 34.4 Å². The molecule has 0 bridgehead atoms. The van der Waals surface area contributed by atoms with E-state index in [-0.39, 0.29) is 0 Å². The Morgan fingerprint density at radius 1 is 1.15 bits per heavy atom. The monoisotopic (exact) mass is 397 g/mol. The number of hydrogen-bond donors (Lipinski definition) is 2. The number of methoxy groups -OCH3 is 1. The molecular formula is C18H27N3O5S. The Morgan fingerprint density at radius 3 is 2.33 bits per heavy atom. The third kappa shape index (κ3) is 7.78. The van der Waals surface area contributed by atoms with E-state index in [1.807, 2.05) is 0 Å². The van der Waals surface area contributed by atoms with E-state index in [0.29, 0.717) is 17.7 Å². The number of rotatable bonds is 10. The molecule has 0 fully saturated rings. The van der Waals surface area contributed by atoms with Crippen molar-refractivity contribution in [3.05, 3.63) is 29.8 Å². The first-order valence-corrected chi connectivity index (χ1v) is 9.92. The van der Waals surface area contributed by atoms with Gasteiger partial charge in [0.05, 0.1) is 19.1 Å². The first-order chi connectivity index (χ1) is 12.9. The highest BCUT2D eigenvalue weighted by Crippen LogP contribution is 2.28. The predicted octanol–water partition coefficient (Wildman–Crippen LogP) is 2.64. The van der Waals surface area contributed by atoms with Crippen LogP contribution in [0.25, 0.3) is 0 Å². The van der Waals surface area contributed by atoms with Crippen LogP contribution in [0.1, 0.15) is 50.5 Å². The number of urea groups is 1. The van der Waals surface area contributed by atoms with Crippen molar-refractivity contribution in [1.29, 1.82) is 0 Å². The minimum Gasteiger partial charge on any atom is -0.497 e. The number of carbonyl (C=O) groups is 2. The second kappa shape index (κ2) is 12.1.